The van der Waals surface area contributed by atoms with Gasteiger partial charge in [-0.05, 0) is 51.3 Å². The number of carbonyl (C=O) groups is 1. The van der Waals surface area contributed by atoms with Crippen LogP contribution in [0, 0.1) is 0 Å². The number of hydrogen-bond donors (Lipinski definition) is 3. The molecule has 1 saturated carbocycles. The van der Waals surface area contributed by atoms with E-state index in [2.05, 4.69) is 27.9 Å². The van der Waals surface area contributed by atoms with Gasteiger partial charge in [0.25, 0.3) is 0 Å². The Morgan fingerprint density at radius 3 is 2.52 bits per heavy atom. The summed E-state index contributed by atoms with van der Waals surface area (Å²) in [6.45, 7) is 7.69. The van der Waals surface area contributed by atoms with Crippen molar-refractivity contribution in [3.05, 3.63) is 23.8 Å². The number of amides is 1. The minimum Gasteiger partial charge on any atom is -0.490 e. The third kappa shape index (κ3) is 7.48. The van der Waals surface area contributed by atoms with Crippen molar-refractivity contribution in [2.24, 2.45) is 4.99 Å². The first-order valence-electron chi connectivity index (χ1n) is 10.7. The van der Waals surface area contributed by atoms with Gasteiger partial charge in [0, 0.05) is 26.1 Å². The normalized spacial score (nSPS) is 15.7. The Hall–Kier alpha value is -2.44. The van der Waals surface area contributed by atoms with E-state index in [4.69, 9.17) is 9.47 Å². The average molecular weight is 405 g/mol. The highest BCUT2D eigenvalue weighted by Crippen LogP contribution is 2.30. The van der Waals surface area contributed by atoms with E-state index in [1.807, 2.05) is 32.0 Å². The summed E-state index contributed by atoms with van der Waals surface area (Å²) in [5.41, 5.74) is 1.07. The van der Waals surface area contributed by atoms with Crippen molar-refractivity contribution < 1.29 is 14.3 Å². The van der Waals surface area contributed by atoms with E-state index in [9.17, 15) is 4.79 Å². The fourth-order valence-corrected chi connectivity index (χ4v) is 3.48. The molecule has 0 bridgehead atoms. The topological polar surface area (TPSA) is 84.0 Å². The maximum Gasteiger partial charge on any atom is 0.221 e. The fraction of sp³-hybridized carbons (Fsp3) is 0.636. The van der Waals surface area contributed by atoms with Crippen LogP contribution in [-0.4, -0.2) is 44.7 Å². The van der Waals surface area contributed by atoms with Crippen molar-refractivity contribution in [2.75, 3.05) is 26.8 Å². The van der Waals surface area contributed by atoms with E-state index in [1.165, 1.54) is 12.8 Å². The number of rotatable bonds is 10. The average Bonchev–Trinajstić information content (AvgIpc) is 3.21. The summed E-state index contributed by atoms with van der Waals surface area (Å²) < 4.78 is 11.3. The Morgan fingerprint density at radius 2 is 1.86 bits per heavy atom. The summed E-state index contributed by atoms with van der Waals surface area (Å²) in [6.07, 6.45) is 5.07. The molecular formula is C22H36N4O3. The molecule has 7 nitrogen and oxygen atoms in total. The maximum absolute atomic E-state index is 12.1. The van der Waals surface area contributed by atoms with E-state index >= 15 is 0 Å². The van der Waals surface area contributed by atoms with Crippen LogP contribution in [0.15, 0.2) is 23.2 Å². The summed E-state index contributed by atoms with van der Waals surface area (Å²) in [6, 6.07) is 6.33. The lowest BCUT2D eigenvalue weighted by atomic mass is 10.1. The van der Waals surface area contributed by atoms with Crippen LogP contribution in [0.5, 0.6) is 11.5 Å². The molecule has 1 aromatic carbocycles. The zero-order valence-electron chi connectivity index (χ0n) is 18.2. The molecule has 1 atom stereocenters. The van der Waals surface area contributed by atoms with Gasteiger partial charge in [-0.25, -0.2) is 0 Å². The van der Waals surface area contributed by atoms with Crippen LogP contribution in [0.2, 0.25) is 0 Å². The van der Waals surface area contributed by atoms with Crippen LogP contribution >= 0.6 is 0 Å². The Morgan fingerprint density at radius 1 is 1.17 bits per heavy atom. The van der Waals surface area contributed by atoms with Gasteiger partial charge < -0.3 is 25.4 Å². The molecule has 1 aliphatic rings. The molecule has 0 spiro atoms. The van der Waals surface area contributed by atoms with Crippen LogP contribution in [0.4, 0.5) is 0 Å². The van der Waals surface area contributed by atoms with Crippen molar-refractivity contribution in [3.8, 4) is 11.5 Å². The maximum atomic E-state index is 12.1. The van der Waals surface area contributed by atoms with Crippen LogP contribution in [-0.2, 0) is 4.79 Å². The molecule has 1 aliphatic carbocycles. The molecule has 1 aromatic rings. The molecular weight excluding hydrogens is 368 g/mol. The molecule has 162 valence electrons. The highest BCUT2D eigenvalue weighted by atomic mass is 16.5. The second kappa shape index (κ2) is 12.2. The van der Waals surface area contributed by atoms with Gasteiger partial charge in [-0.3, -0.25) is 9.79 Å². The first-order valence-corrected chi connectivity index (χ1v) is 10.7. The Kier molecular flexibility index (Phi) is 9.60. The van der Waals surface area contributed by atoms with E-state index < -0.39 is 0 Å². The van der Waals surface area contributed by atoms with Gasteiger partial charge in [-0.1, -0.05) is 18.9 Å². The highest BCUT2D eigenvalue weighted by Gasteiger charge is 2.17. The van der Waals surface area contributed by atoms with E-state index in [0.29, 0.717) is 38.2 Å². The summed E-state index contributed by atoms with van der Waals surface area (Å²) >= 11 is 0. The summed E-state index contributed by atoms with van der Waals surface area (Å²) in [5.74, 6) is 2.26. The van der Waals surface area contributed by atoms with Gasteiger partial charge >= 0.3 is 0 Å². The number of ether oxygens (including phenoxy) is 2. The highest BCUT2D eigenvalue weighted by molar-refractivity contribution is 5.81. The monoisotopic (exact) mass is 404 g/mol. The predicted octanol–water partition coefficient (Wildman–Crippen LogP) is 3.16. The van der Waals surface area contributed by atoms with Crippen molar-refractivity contribution in [2.45, 2.75) is 65.0 Å². The van der Waals surface area contributed by atoms with Crippen molar-refractivity contribution >= 4 is 11.9 Å². The molecule has 7 heteroatoms. The third-order valence-corrected chi connectivity index (χ3v) is 5.01. The minimum atomic E-state index is 0.0170. The fourth-order valence-electron chi connectivity index (χ4n) is 3.48. The molecule has 3 N–H and O–H groups in total. The second-order valence-corrected chi connectivity index (χ2v) is 7.24. The Balaban J connectivity index is 1.84. The van der Waals surface area contributed by atoms with E-state index in [0.717, 1.165) is 29.9 Å². The number of aliphatic imine (C=N–C) groups is 1. The van der Waals surface area contributed by atoms with Gasteiger partial charge in [0.2, 0.25) is 5.91 Å². The molecule has 1 amide bonds. The lowest BCUT2D eigenvalue weighted by Gasteiger charge is -2.20. The van der Waals surface area contributed by atoms with Gasteiger partial charge in [-0.2, -0.15) is 0 Å². The molecule has 0 aliphatic heterocycles. The number of carbonyl (C=O) groups excluding carboxylic acids is 1. The lowest BCUT2D eigenvalue weighted by molar-refractivity contribution is -0.121. The first-order chi connectivity index (χ1) is 14.1. The van der Waals surface area contributed by atoms with Crippen molar-refractivity contribution in [3.63, 3.8) is 0 Å². The molecule has 0 heterocycles. The lowest BCUT2D eigenvalue weighted by Crippen LogP contribution is -2.41. The third-order valence-electron chi connectivity index (χ3n) is 5.01. The van der Waals surface area contributed by atoms with Crippen LogP contribution in [0.3, 0.4) is 0 Å². The SMILES string of the molecule is CCOc1ccc(C(C)NC(=NC)NCCC(=O)NC2CCCC2)cc1OCC. The van der Waals surface area contributed by atoms with Crippen LogP contribution in [0.1, 0.15) is 64.5 Å². The first kappa shape index (κ1) is 22.8. The van der Waals surface area contributed by atoms with Gasteiger partial charge in [0.05, 0.1) is 19.3 Å². The molecule has 0 aromatic heterocycles. The summed E-state index contributed by atoms with van der Waals surface area (Å²) in [5, 5.41) is 9.69. The quantitative estimate of drug-likeness (QED) is 0.412. The number of hydrogen-bond acceptors (Lipinski definition) is 4. The Bertz CT molecular complexity index is 672. The Labute approximate surface area is 174 Å². The van der Waals surface area contributed by atoms with Gasteiger partial charge in [-0.15, -0.1) is 0 Å². The molecule has 29 heavy (non-hydrogen) atoms. The van der Waals surface area contributed by atoms with E-state index in [-0.39, 0.29) is 11.9 Å². The predicted molar refractivity (Wildman–Crippen MR) is 117 cm³/mol. The largest absolute Gasteiger partial charge is 0.490 e. The minimum absolute atomic E-state index is 0.0170. The second-order valence-electron chi connectivity index (χ2n) is 7.24. The van der Waals surface area contributed by atoms with Crippen LogP contribution < -0.4 is 25.4 Å². The molecule has 1 fully saturated rings. The van der Waals surface area contributed by atoms with Crippen molar-refractivity contribution in [1.82, 2.24) is 16.0 Å². The molecule has 2 rings (SSSR count). The summed E-state index contributed by atoms with van der Waals surface area (Å²) in [4.78, 5) is 16.3. The number of benzene rings is 1. The number of nitrogens with zero attached hydrogens (tertiary/aromatic N) is 1. The standard InChI is InChI=1S/C22H36N4O3/c1-5-28-19-12-11-17(15-20(19)29-6-2)16(3)25-22(23-4)24-14-13-21(27)26-18-9-7-8-10-18/h11-12,15-16,18H,5-10,13-14H2,1-4H3,(H,26,27)(H2,23,24,25). The van der Waals surface area contributed by atoms with Gasteiger partial charge in [0.1, 0.15) is 0 Å². The molecule has 1 unspecified atom stereocenters. The van der Waals surface area contributed by atoms with E-state index in [1.54, 1.807) is 7.05 Å². The number of nitrogens with one attached hydrogen (secondary N) is 3. The molecule has 0 saturated heterocycles. The number of guanidine groups is 1. The van der Waals surface area contributed by atoms with Crippen molar-refractivity contribution in [1.29, 1.82) is 0 Å². The van der Waals surface area contributed by atoms with Gasteiger partial charge in [0.15, 0.2) is 17.5 Å². The zero-order valence-corrected chi connectivity index (χ0v) is 18.2. The van der Waals surface area contributed by atoms with Crippen LogP contribution in [0.25, 0.3) is 0 Å². The summed E-state index contributed by atoms with van der Waals surface area (Å²) in [7, 11) is 1.73. The smallest absolute Gasteiger partial charge is 0.221 e. The zero-order chi connectivity index (χ0) is 21.1. The molecule has 0 radical (unpaired) electrons.